The van der Waals surface area contributed by atoms with E-state index in [-0.39, 0.29) is 18.1 Å². The molecule has 1 fully saturated rings. The second kappa shape index (κ2) is 8.05. The maximum Gasteiger partial charge on any atom is 0.227 e. The van der Waals surface area contributed by atoms with E-state index in [1.54, 1.807) is 24.5 Å². The van der Waals surface area contributed by atoms with E-state index in [9.17, 15) is 9.18 Å². The standard InChI is InChI=1S/C19H23FN4O/c1-21-19-17(22-7-8-23-19)11-15-5-3-9-24(13-15)18(25)12-14-4-2-6-16(20)10-14/h2,4,6-8,10,15H,3,5,9,11-13H2,1H3,(H,21,23). The van der Waals surface area contributed by atoms with Crippen LogP contribution in [0.5, 0.6) is 0 Å². The predicted octanol–water partition coefficient (Wildman–Crippen LogP) is 2.68. The van der Waals surface area contributed by atoms with Gasteiger partial charge >= 0.3 is 0 Å². The SMILES string of the molecule is CNc1nccnc1CC1CCCN(C(=O)Cc2cccc(F)c2)C1. The first-order valence-electron chi connectivity index (χ1n) is 8.65. The van der Waals surface area contributed by atoms with Crippen molar-refractivity contribution in [1.82, 2.24) is 14.9 Å². The van der Waals surface area contributed by atoms with E-state index in [4.69, 9.17) is 0 Å². The van der Waals surface area contributed by atoms with E-state index in [0.717, 1.165) is 42.9 Å². The van der Waals surface area contributed by atoms with Gasteiger partial charge in [-0.1, -0.05) is 12.1 Å². The van der Waals surface area contributed by atoms with Gasteiger partial charge in [0, 0.05) is 32.5 Å². The van der Waals surface area contributed by atoms with Crippen LogP contribution in [0.2, 0.25) is 0 Å². The van der Waals surface area contributed by atoms with Crippen LogP contribution in [0.4, 0.5) is 10.2 Å². The summed E-state index contributed by atoms with van der Waals surface area (Å²) in [5.74, 6) is 0.923. The molecule has 1 aromatic heterocycles. The fraction of sp³-hybridized carbons (Fsp3) is 0.421. The third kappa shape index (κ3) is 4.53. The number of carbonyl (C=O) groups is 1. The fourth-order valence-electron chi connectivity index (χ4n) is 3.39. The molecule has 132 valence electrons. The molecule has 0 aliphatic carbocycles. The molecule has 25 heavy (non-hydrogen) atoms. The maximum absolute atomic E-state index is 13.3. The van der Waals surface area contributed by atoms with E-state index in [0.29, 0.717) is 12.5 Å². The maximum atomic E-state index is 13.3. The van der Waals surface area contributed by atoms with E-state index in [1.807, 2.05) is 11.9 Å². The zero-order valence-electron chi connectivity index (χ0n) is 14.4. The average Bonchev–Trinajstić information content (AvgIpc) is 2.62. The molecule has 1 atom stereocenters. The molecule has 2 heterocycles. The van der Waals surface area contributed by atoms with Gasteiger partial charge in [0.1, 0.15) is 11.6 Å². The second-order valence-corrected chi connectivity index (χ2v) is 6.46. The third-order valence-corrected chi connectivity index (χ3v) is 4.61. The van der Waals surface area contributed by atoms with Crippen molar-refractivity contribution in [2.45, 2.75) is 25.7 Å². The molecule has 1 aliphatic heterocycles. The number of anilines is 1. The van der Waals surface area contributed by atoms with Gasteiger partial charge in [-0.3, -0.25) is 9.78 Å². The largest absolute Gasteiger partial charge is 0.372 e. The fourth-order valence-corrected chi connectivity index (χ4v) is 3.39. The molecule has 1 aromatic carbocycles. The molecule has 1 saturated heterocycles. The molecular weight excluding hydrogens is 319 g/mol. The number of halogens is 1. The third-order valence-electron chi connectivity index (χ3n) is 4.61. The molecular formula is C19H23FN4O. The quantitative estimate of drug-likeness (QED) is 0.908. The zero-order chi connectivity index (χ0) is 17.6. The molecule has 5 nitrogen and oxygen atoms in total. The lowest BCUT2D eigenvalue weighted by molar-refractivity contribution is -0.132. The summed E-state index contributed by atoms with van der Waals surface area (Å²) >= 11 is 0. The monoisotopic (exact) mass is 342 g/mol. The summed E-state index contributed by atoms with van der Waals surface area (Å²) in [6, 6.07) is 6.26. The Bertz CT molecular complexity index is 737. The van der Waals surface area contributed by atoms with E-state index in [1.165, 1.54) is 12.1 Å². The van der Waals surface area contributed by atoms with Crippen LogP contribution < -0.4 is 5.32 Å². The van der Waals surface area contributed by atoms with Crippen LogP contribution in [0.3, 0.4) is 0 Å². The van der Waals surface area contributed by atoms with Gasteiger partial charge in [-0.15, -0.1) is 0 Å². The van der Waals surface area contributed by atoms with E-state index < -0.39 is 0 Å². The zero-order valence-corrected chi connectivity index (χ0v) is 14.4. The van der Waals surface area contributed by atoms with Crippen molar-refractivity contribution in [2.24, 2.45) is 5.92 Å². The summed E-state index contributed by atoms with van der Waals surface area (Å²) in [4.78, 5) is 23.2. The highest BCUT2D eigenvalue weighted by molar-refractivity contribution is 5.78. The number of carbonyl (C=O) groups excluding carboxylic acids is 1. The van der Waals surface area contributed by atoms with Crippen LogP contribution in [0.1, 0.15) is 24.1 Å². The van der Waals surface area contributed by atoms with Crippen molar-refractivity contribution >= 4 is 11.7 Å². The van der Waals surface area contributed by atoms with Crippen molar-refractivity contribution in [3.63, 3.8) is 0 Å². The molecule has 0 spiro atoms. The number of hydrogen-bond donors (Lipinski definition) is 1. The second-order valence-electron chi connectivity index (χ2n) is 6.46. The Balaban J connectivity index is 1.61. The minimum absolute atomic E-state index is 0.0586. The Labute approximate surface area is 147 Å². The molecule has 3 rings (SSSR count). The summed E-state index contributed by atoms with van der Waals surface area (Å²) in [6.07, 6.45) is 6.47. The number of rotatable bonds is 5. The summed E-state index contributed by atoms with van der Waals surface area (Å²) < 4.78 is 13.3. The lowest BCUT2D eigenvalue weighted by Crippen LogP contribution is -2.41. The molecule has 6 heteroatoms. The van der Waals surface area contributed by atoms with Crippen LogP contribution in [0.15, 0.2) is 36.7 Å². The molecule has 0 saturated carbocycles. The minimum Gasteiger partial charge on any atom is -0.372 e. The molecule has 2 aromatic rings. The van der Waals surface area contributed by atoms with Crippen molar-refractivity contribution < 1.29 is 9.18 Å². The van der Waals surface area contributed by atoms with Gasteiger partial charge in [-0.25, -0.2) is 9.37 Å². The number of hydrogen-bond acceptors (Lipinski definition) is 4. The van der Waals surface area contributed by atoms with Crippen molar-refractivity contribution in [3.05, 3.63) is 53.7 Å². The van der Waals surface area contributed by atoms with Gasteiger partial charge in [0.2, 0.25) is 5.91 Å². The Morgan fingerprint density at radius 3 is 3.00 bits per heavy atom. The summed E-state index contributed by atoms with van der Waals surface area (Å²) in [5.41, 5.74) is 1.66. The van der Waals surface area contributed by atoms with Gasteiger partial charge in [0.25, 0.3) is 0 Å². The topological polar surface area (TPSA) is 58.1 Å². The minimum atomic E-state index is -0.302. The van der Waals surface area contributed by atoms with Gasteiger partial charge < -0.3 is 10.2 Å². The van der Waals surface area contributed by atoms with Crippen molar-refractivity contribution in [2.75, 3.05) is 25.5 Å². The summed E-state index contributed by atoms with van der Waals surface area (Å²) in [6.45, 7) is 1.48. The Hall–Kier alpha value is -2.50. The molecule has 1 aliphatic rings. The molecule has 1 amide bonds. The highest BCUT2D eigenvalue weighted by Crippen LogP contribution is 2.23. The Morgan fingerprint density at radius 1 is 1.36 bits per heavy atom. The van der Waals surface area contributed by atoms with Crippen LogP contribution in [-0.2, 0) is 17.6 Å². The van der Waals surface area contributed by atoms with Gasteiger partial charge in [0.15, 0.2) is 0 Å². The average molecular weight is 342 g/mol. The van der Waals surface area contributed by atoms with E-state index in [2.05, 4.69) is 15.3 Å². The highest BCUT2D eigenvalue weighted by atomic mass is 19.1. The molecule has 1 unspecified atom stereocenters. The van der Waals surface area contributed by atoms with Crippen LogP contribution in [0.25, 0.3) is 0 Å². The first kappa shape index (κ1) is 17.3. The molecule has 1 N–H and O–H groups in total. The number of nitrogens with one attached hydrogen (secondary N) is 1. The van der Waals surface area contributed by atoms with Gasteiger partial charge in [-0.05, 0) is 42.9 Å². The summed E-state index contributed by atoms with van der Waals surface area (Å²) in [5, 5.41) is 3.07. The first-order chi connectivity index (χ1) is 12.2. The lowest BCUT2D eigenvalue weighted by atomic mass is 9.92. The number of likely N-dealkylation sites (tertiary alicyclic amines) is 1. The predicted molar refractivity (Wildman–Crippen MR) is 94.7 cm³/mol. The smallest absolute Gasteiger partial charge is 0.227 e. The first-order valence-corrected chi connectivity index (χ1v) is 8.65. The van der Waals surface area contributed by atoms with Crippen LogP contribution in [-0.4, -0.2) is 40.9 Å². The van der Waals surface area contributed by atoms with E-state index >= 15 is 0 Å². The lowest BCUT2D eigenvalue weighted by Gasteiger charge is -2.33. The normalized spacial score (nSPS) is 17.4. The highest BCUT2D eigenvalue weighted by Gasteiger charge is 2.25. The summed E-state index contributed by atoms with van der Waals surface area (Å²) in [7, 11) is 1.84. The van der Waals surface area contributed by atoms with Crippen LogP contribution in [0, 0.1) is 11.7 Å². The number of aromatic nitrogens is 2. The van der Waals surface area contributed by atoms with Gasteiger partial charge in [0.05, 0.1) is 12.1 Å². The number of benzene rings is 1. The van der Waals surface area contributed by atoms with Gasteiger partial charge in [-0.2, -0.15) is 0 Å². The van der Waals surface area contributed by atoms with Crippen molar-refractivity contribution in [3.8, 4) is 0 Å². The number of piperidine rings is 1. The van der Waals surface area contributed by atoms with Crippen molar-refractivity contribution in [1.29, 1.82) is 0 Å². The number of amides is 1. The Kier molecular flexibility index (Phi) is 5.58. The van der Waals surface area contributed by atoms with Crippen LogP contribution >= 0.6 is 0 Å². The Morgan fingerprint density at radius 2 is 2.20 bits per heavy atom. The molecule has 0 radical (unpaired) electrons. The molecule has 0 bridgehead atoms. The number of nitrogens with zero attached hydrogens (tertiary/aromatic N) is 3.